The van der Waals surface area contributed by atoms with Gasteiger partial charge >= 0.3 is 0 Å². The minimum atomic E-state index is 0.0873. The number of nitrogens with one attached hydrogen (secondary N) is 1. The first-order valence-electron chi connectivity index (χ1n) is 8.82. The van der Waals surface area contributed by atoms with Gasteiger partial charge in [0.05, 0.1) is 11.4 Å². The van der Waals surface area contributed by atoms with E-state index in [-0.39, 0.29) is 6.04 Å². The summed E-state index contributed by atoms with van der Waals surface area (Å²) in [5, 5.41) is 5.60. The van der Waals surface area contributed by atoms with Gasteiger partial charge in [-0.2, -0.15) is 0 Å². The maximum absolute atomic E-state index is 6.37. The van der Waals surface area contributed by atoms with Gasteiger partial charge in [-0.1, -0.05) is 36.7 Å². The molecule has 1 N–H and O–H groups in total. The Bertz CT molecular complexity index is 934. The molecule has 0 saturated heterocycles. The van der Waals surface area contributed by atoms with Crippen molar-refractivity contribution in [2.75, 3.05) is 5.32 Å². The summed E-state index contributed by atoms with van der Waals surface area (Å²) in [6.45, 7) is 6.43. The molecule has 4 rings (SSSR count). The van der Waals surface area contributed by atoms with E-state index in [1.165, 1.54) is 22.2 Å². The van der Waals surface area contributed by atoms with Crippen LogP contribution in [0.3, 0.4) is 0 Å². The molecule has 1 aliphatic carbocycles. The molecule has 25 heavy (non-hydrogen) atoms. The van der Waals surface area contributed by atoms with Crippen LogP contribution in [-0.2, 0) is 12.8 Å². The highest BCUT2D eigenvalue weighted by atomic mass is 35.5. The maximum Gasteiger partial charge on any atom is 0.139 e. The smallest absolute Gasteiger partial charge is 0.139 e. The zero-order valence-electron chi connectivity index (χ0n) is 14.8. The van der Waals surface area contributed by atoms with E-state index in [0.29, 0.717) is 0 Å². The number of nitrogens with zero attached hydrogens (tertiary/aromatic N) is 2. The Labute approximate surface area is 157 Å². The third-order valence-corrected chi connectivity index (χ3v) is 6.48. The standard InChI is InChI=1S/C20H22ClN3S/c1-11-8-9-15-17(10-11)25-20-18(15)19(23-13(3)24-20)22-12(2)14-6-4-5-7-16(14)21/h4-7,11-12H,8-10H2,1-3H3,(H,22,23,24)/t11-,12+/m1/s1. The van der Waals surface area contributed by atoms with Gasteiger partial charge in [0.1, 0.15) is 16.5 Å². The predicted octanol–water partition coefficient (Wildman–Crippen LogP) is 5.95. The molecule has 0 saturated carbocycles. The summed E-state index contributed by atoms with van der Waals surface area (Å²) >= 11 is 8.22. The Morgan fingerprint density at radius 3 is 2.88 bits per heavy atom. The van der Waals surface area contributed by atoms with Crippen molar-refractivity contribution in [1.82, 2.24) is 9.97 Å². The largest absolute Gasteiger partial charge is 0.363 e. The van der Waals surface area contributed by atoms with E-state index < -0.39 is 0 Å². The molecule has 3 nitrogen and oxygen atoms in total. The molecule has 0 amide bonds. The third-order valence-electron chi connectivity index (χ3n) is 4.99. The minimum absolute atomic E-state index is 0.0873. The molecular formula is C20H22ClN3S. The number of hydrogen-bond donors (Lipinski definition) is 1. The van der Waals surface area contributed by atoms with Crippen LogP contribution in [0.1, 0.15) is 48.1 Å². The summed E-state index contributed by atoms with van der Waals surface area (Å²) in [6.07, 6.45) is 3.53. The second-order valence-electron chi connectivity index (χ2n) is 7.04. The monoisotopic (exact) mass is 371 g/mol. The second kappa shape index (κ2) is 6.58. The third kappa shape index (κ3) is 3.13. The molecule has 5 heteroatoms. The molecule has 0 aliphatic heterocycles. The minimum Gasteiger partial charge on any atom is -0.363 e. The molecule has 130 valence electrons. The van der Waals surface area contributed by atoms with Crippen LogP contribution in [-0.4, -0.2) is 9.97 Å². The highest BCUT2D eigenvalue weighted by Gasteiger charge is 2.24. The van der Waals surface area contributed by atoms with Crippen molar-refractivity contribution in [3.8, 4) is 0 Å². The van der Waals surface area contributed by atoms with Crippen molar-refractivity contribution in [2.45, 2.75) is 46.1 Å². The number of anilines is 1. The normalized spacial score (nSPS) is 18.2. The lowest BCUT2D eigenvalue weighted by Crippen LogP contribution is -2.12. The van der Waals surface area contributed by atoms with Crippen molar-refractivity contribution >= 4 is 39.0 Å². The van der Waals surface area contributed by atoms with Crippen LogP contribution in [0, 0.1) is 12.8 Å². The molecule has 2 aromatic heterocycles. The van der Waals surface area contributed by atoms with Gasteiger partial charge in [-0.25, -0.2) is 9.97 Å². The van der Waals surface area contributed by atoms with Crippen molar-refractivity contribution in [3.05, 3.63) is 51.1 Å². The van der Waals surface area contributed by atoms with Crippen LogP contribution in [0.4, 0.5) is 5.82 Å². The van der Waals surface area contributed by atoms with E-state index in [1.54, 1.807) is 0 Å². The lowest BCUT2D eigenvalue weighted by molar-refractivity contribution is 0.509. The molecule has 0 bridgehead atoms. The average Bonchev–Trinajstić information content (AvgIpc) is 2.92. The Balaban J connectivity index is 1.78. The van der Waals surface area contributed by atoms with E-state index >= 15 is 0 Å². The summed E-state index contributed by atoms with van der Waals surface area (Å²) in [5.74, 6) is 2.52. The highest BCUT2D eigenvalue weighted by molar-refractivity contribution is 7.19. The van der Waals surface area contributed by atoms with E-state index in [1.807, 2.05) is 36.5 Å². The Hall–Kier alpha value is -1.65. The number of halogens is 1. The van der Waals surface area contributed by atoms with Gasteiger partial charge in [-0.15, -0.1) is 11.3 Å². The zero-order valence-corrected chi connectivity index (χ0v) is 16.3. The topological polar surface area (TPSA) is 37.8 Å². The number of aromatic nitrogens is 2. The van der Waals surface area contributed by atoms with Crippen LogP contribution in [0.15, 0.2) is 24.3 Å². The number of fused-ring (bicyclic) bond motifs is 3. The summed E-state index contributed by atoms with van der Waals surface area (Å²) in [6, 6.07) is 8.07. The molecule has 1 aliphatic rings. The van der Waals surface area contributed by atoms with Crippen LogP contribution in [0.2, 0.25) is 5.02 Å². The fourth-order valence-electron chi connectivity index (χ4n) is 3.66. The average molecular weight is 372 g/mol. The van der Waals surface area contributed by atoms with Crippen molar-refractivity contribution in [2.24, 2.45) is 5.92 Å². The van der Waals surface area contributed by atoms with Gasteiger partial charge in [0, 0.05) is 9.90 Å². The zero-order chi connectivity index (χ0) is 17.6. The van der Waals surface area contributed by atoms with E-state index in [2.05, 4.69) is 25.2 Å². The fraction of sp³-hybridized carbons (Fsp3) is 0.400. The van der Waals surface area contributed by atoms with E-state index in [9.17, 15) is 0 Å². The van der Waals surface area contributed by atoms with Crippen LogP contribution in [0.25, 0.3) is 10.2 Å². The molecule has 0 unspecified atom stereocenters. The molecule has 0 fully saturated rings. The molecule has 0 radical (unpaired) electrons. The predicted molar refractivity (Wildman–Crippen MR) is 107 cm³/mol. The quantitative estimate of drug-likeness (QED) is 0.618. The number of aryl methyl sites for hydroxylation is 2. The molecule has 1 aromatic carbocycles. The summed E-state index contributed by atoms with van der Waals surface area (Å²) in [7, 11) is 0. The van der Waals surface area contributed by atoms with E-state index in [4.69, 9.17) is 21.6 Å². The number of hydrogen-bond acceptors (Lipinski definition) is 4. The van der Waals surface area contributed by atoms with Gasteiger partial charge in [0.15, 0.2) is 0 Å². The number of rotatable bonds is 3. The van der Waals surface area contributed by atoms with Gasteiger partial charge in [-0.05, 0) is 56.2 Å². The summed E-state index contributed by atoms with van der Waals surface area (Å²) in [4.78, 5) is 12.0. The summed E-state index contributed by atoms with van der Waals surface area (Å²) in [5.41, 5.74) is 2.54. The van der Waals surface area contributed by atoms with Crippen LogP contribution in [0.5, 0.6) is 0 Å². The lowest BCUT2D eigenvalue weighted by Gasteiger charge is -2.20. The molecule has 3 aromatic rings. The molecule has 2 atom stereocenters. The molecular weight excluding hydrogens is 350 g/mol. The van der Waals surface area contributed by atoms with Gasteiger partial charge < -0.3 is 5.32 Å². The first-order chi connectivity index (χ1) is 12.0. The lowest BCUT2D eigenvalue weighted by atomic mass is 9.89. The first kappa shape index (κ1) is 16.8. The Kier molecular flexibility index (Phi) is 4.42. The van der Waals surface area contributed by atoms with E-state index in [0.717, 1.165) is 45.8 Å². The Morgan fingerprint density at radius 2 is 2.08 bits per heavy atom. The SMILES string of the molecule is Cc1nc(N[C@@H](C)c2ccccc2Cl)c2c3c(sc2n1)C[C@H](C)CC3. The van der Waals surface area contributed by atoms with Crippen molar-refractivity contribution in [3.63, 3.8) is 0 Å². The van der Waals surface area contributed by atoms with Crippen LogP contribution < -0.4 is 5.32 Å². The van der Waals surface area contributed by atoms with Gasteiger partial charge in [-0.3, -0.25) is 0 Å². The van der Waals surface area contributed by atoms with Gasteiger partial charge in [0.2, 0.25) is 0 Å². The summed E-state index contributed by atoms with van der Waals surface area (Å²) < 4.78 is 0. The van der Waals surface area contributed by atoms with Crippen molar-refractivity contribution < 1.29 is 0 Å². The molecule has 2 heterocycles. The second-order valence-corrected chi connectivity index (χ2v) is 8.53. The highest BCUT2D eigenvalue weighted by Crippen LogP contribution is 2.40. The van der Waals surface area contributed by atoms with Crippen LogP contribution >= 0.6 is 22.9 Å². The number of benzene rings is 1. The fourth-order valence-corrected chi connectivity index (χ4v) is 5.39. The maximum atomic E-state index is 6.37. The van der Waals surface area contributed by atoms with Crippen molar-refractivity contribution in [1.29, 1.82) is 0 Å². The first-order valence-corrected chi connectivity index (χ1v) is 10.0. The number of thiophene rings is 1. The Morgan fingerprint density at radius 1 is 1.28 bits per heavy atom. The van der Waals surface area contributed by atoms with Gasteiger partial charge in [0.25, 0.3) is 0 Å². The molecule has 0 spiro atoms.